The lowest BCUT2D eigenvalue weighted by Gasteiger charge is -2.26. The van der Waals surface area contributed by atoms with Gasteiger partial charge in [-0.25, -0.2) is 5.10 Å². The fourth-order valence-electron chi connectivity index (χ4n) is 1.97. The Hall–Kier alpha value is -2.18. The molecule has 1 fully saturated rings. The molecule has 1 aliphatic heterocycles. The van der Waals surface area contributed by atoms with Gasteiger partial charge in [0.2, 0.25) is 5.91 Å². The first-order valence-electron chi connectivity index (χ1n) is 6.28. The van der Waals surface area contributed by atoms with E-state index in [2.05, 4.69) is 15.5 Å². The normalized spacial score (nSPS) is 15.1. The van der Waals surface area contributed by atoms with Crippen LogP contribution in [0.25, 0.3) is 0 Å². The summed E-state index contributed by atoms with van der Waals surface area (Å²) in [6.07, 6.45) is 3.18. The summed E-state index contributed by atoms with van der Waals surface area (Å²) in [5.74, 6) is -0.556. The van der Waals surface area contributed by atoms with E-state index < -0.39 is 5.91 Å². The zero-order valence-corrected chi connectivity index (χ0v) is 10.5. The zero-order chi connectivity index (χ0) is 13.7. The number of carbonyl (C=O) groups is 2. The highest BCUT2D eigenvalue weighted by atomic mass is 16.2. The second-order valence-corrected chi connectivity index (χ2v) is 4.43. The lowest BCUT2D eigenvalue weighted by molar-refractivity contribution is -0.130. The lowest BCUT2D eigenvalue weighted by Crippen LogP contribution is -2.42. The van der Waals surface area contributed by atoms with Crippen LogP contribution in [0, 0.1) is 0 Å². The third-order valence-corrected chi connectivity index (χ3v) is 3.02. The molecular weight excluding hydrogens is 248 g/mol. The molecular formula is C12H16N4O3. The van der Waals surface area contributed by atoms with Crippen molar-refractivity contribution in [3.05, 3.63) is 28.2 Å². The number of hydrogen-bond donors (Lipinski definition) is 2. The number of rotatable bonds is 3. The summed E-state index contributed by atoms with van der Waals surface area (Å²) in [7, 11) is 0. The Morgan fingerprint density at radius 1 is 1.26 bits per heavy atom. The molecule has 1 saturated heterocycles. The highest BCUT2D eigenvalue weighted by Gasteiger charge is 2.17. The molecule has 0 aliphatic carbocycles. The largest absolute Gasteiger partial charge is 0.342 e. The second kappa shape index (κ2) is 6.12. The van der Waals surface area contributed by atoms with Crippen molar-refractivity contribution in [3.8, 4) is 0 Å². The minimum atomic E-state index is -0.471. The Morgan fingerprint density at radius 3 is 2.63 bits per heavy atom. The number of hydrogen-bond acceptors (Lipinski definition) is 4. The minimum Gasteiger partial charge on any atom is -0.342 e. The standard InChI is InChI=1S/C12H16N4O3/c17-10-5-4-9(14-15-10)12(19)13-8-11(18)16-6-2-1-3-7-16/h4-5H,1-3,6-8H2,(H,13,19)(H,15,17). The van der Waals surface area contributed by atoms with Gasteiger partial charge in [-0.2, -0.15) is 5.10 Å². The van der Waals surface area contributed by atoms with Crippen LogP contribution in [0.1, 0.15) is 29.8 Å². The van der Waals surface area contributed by atoms with Crippen molar-refractivity contribution in [2.24, 2.45) is 0 Å². The van der Waals surface area contributed by atoms with Gasteiger partial charge in [0.15, 0.2) is 0 Å². The third kappa shape index (κ3) is 3.64. The Bertz CT molecular complexity index is 499. The van der Waals surface area contributed by atoms with Crippen LogP contribution in [0.4, 0.5) is 0 Å². The van der Waals surface area contributed by atoms with Crippen LogP contribution in [0.15, 0.2) is 16.9 Å². The number of aromatic amines is 1. The summed E-state index contributed by atoms with van der Waals surface area (Å²) in [5.41, 5.74) is -0.285. The highest BCUT2D eigenvalue weighted by molar-refractivity contribution is 5.94. The first-order chi connectivity index (χ1) is 9.16. The molecule has 1 aliphatic rings. The topological polar surface area (TPSA) is 95.2 Å². The summed E-state index contributed by atoms with van der Waals surface area (Å²) in [5, 5.41) is 8.27. The molecule has 1 aromatic rings. The van der Waals surface area contributed by atoms with Crippen LogP contribution in [0.5, 0.6) is 0 Å². The number of carbonyl (C=O) groups excluding carboxylic acids is 2. The summed E-state index contributed by atoms with van der Waals surface area (Å²) < 4.78 is 0. The van der Waals surface area contributed by atoms with Crippen LogP contribution >= 0.6 is 0 Å². The molecule has 0 aromatic carbocycles. The van der Waals surface area contributed by atoms with E-state index >= 15 is 0 Å². The molecule has 2 amide bonds. The first kappa shape index (κ1) is 13.3. The Labute approximate surface area is 110 Å². The van der Waals surface area contributed by atoms with Crippen LogP contribution in [-0.2, 0) is 4.79 Å². The van der Waals surface area contributed by atoms with E-state index in [1.807, 2.05) is 0 Å². The van der Waals surface area contributed by atoms with E-state index in [4.69, 9.17) is 0 Å². The molecule has 19 heavy (non-hydrogen) atoms. The number of amides is 2. The van der Waals surface area contributed by atoms with E-state index in [0.717, 1.165) is 32.4 Å². The Kier molecular flexibility index (Phi) is 4.27. The van der Waals surface area contributed by atoms with Crippen molar-refractivity contribution in [2.45, 2.75) is 19.3 Å². The molecule has 2 heterocycles. The van der Waals surface area contributed by atoms with Gasteiger partial charge < -0.3 is 10.2 Å². The Morgan fingerprint density at radius 2 is 2.00 bits per heavy atom. The number of nitrogens with zero attached hydrogens (tertiary/aromatic N) is 2. The second-order valence-electron chi connectivity index (χ2n) is 4.43. The van der Waals surface area contributed by atoms with E-state index in [0.29, 0.717) is 0 Å². The van der Waals surface area contributed by atoms with E-state index in [1.54, 1.807) is 4.90 Å². The van der Waals surface area contributed by atoms with Gasteiger partial charge in [0.05, 0.1) is 6.54 Å². The molecule has 7 nitrogen and oxygen atoms in total. The first-order valence-corrected chi connectivity index (χ1v) is 6.28. The molecule has 0 radical (unpaired) electrons. The lowest BCUT2D eigenvalue weighted by atomic mass is 10.1. The molecule has 102 valence electrons. The fourth-order valence-corrected chi connectivity index (χ4v) is 1.97. The summed E-state index contributed by atoms with van der Waals surface area (Å²) in [6.45, 7) is 1.47. The average Bonchev–Trinajstić information content (AvgIpc) is 2.46. The maximum atomic E-state index is 11.8. The summed E-state index contributed by atoms with van der Waals surface area (Å²) >= 11 is 0. The molecule has 2 N–H and O–H groups in total. The SMILES string of the molecule is O=C(NCC(=O)N1CCCCC1)c1ccc(=O)[nH]n1. The minimum absolute atomic E-state index is 0.0420. The van der Waals surface area contributed by atoms with Gasteiger partial charge in [-0.1, -0.05) is 0 Å². The quantitative estimate of drug-likeness (QED) is 0.770. The molecule has 0 atom stereocenters. The highest BCUT2D eigenvalue weighted by Crippen LogP contribution is 2.08. The van der Waals surface area contributed by atoms with Crippen LogP contribution in [-0.4, -0.2) is 46.5 Å². The van der Waals surface area contributed by atoms with Gasteiger partial charge in [0.1, 0.15) is 5.69 Å². The van der Waals surface area contributed by atoms with Crippen molar-refractivity contribution < 1.29 is 9.59 Å². The van der Waals surface area contributed by atoms with Crippen molar-refractivity contribution in [2.75, 3.05) is 19.6 Å². The van der Waals surface area contributed by atoms with Crippen LogP contribution < -0.4 is 10.9 Å². The van der Waals surface area contributed by atoms with Crippen LogP contribution in [0.3, 0.4) is 0 Å². The number of piperidine rings is 1. The van der Waals surface area contributed by atoms with Gasteiger partial charge in [0, 0.05) is 19.2 Å². The number of aromatic nitrogens is 2. The van der Waals surface area contributed by atoms with Crippen LogP contribution in [0.2, 0.25) is 0 Å². The van der Waals surface area contributed by atoms with Crippen molar-refractivity contribution in [1.29, 1.82) is 0 Å². The summed E-state index contributed by atoms with van der Waals surface area (Å²) in [6, 6.07) is 2.54. The molecule has 1 aromatic heterocycles. The predicted octanol–water partition coefficient (Wildman–Crippen LogP) is -0.488. The number of nitrogens with one attached hydrogen (secondary N) is 2. The predicted molar refractivity (Wildman–Crippen MR) is 67.6 cm³/mol. The molecule has 0 bridgehead atoms. The van der Waals surface area contributed by atoms with Gasteiger partial charge in [-0.05, 0) is 25.3 Å². The van der Waals surface area contributed by atoms with E-state index in [1.165, 1.54) is 12.1 Å². The van der Waals surface area contributed by atoms with Gasteiger partial charge in [-0.3, -0.25) is 14.4 Å². The monoisotopic (exact) mass is 264 g/mol. The molecule has 2 rings (SSSR count). The molecule has 0 spiro atoms. The third-order valence-electron chi connectivity index (χ3n) is 3.02. The fraction of sp³-hybridized carbons (Fsp3) is 0.500. The maximum absolute atomic E-state index is 11.8. The van der Waals surface area contributed by atoms with Gasteiger partial charge >= 0.3 is 0 Å². The average molecular weight is 264 g/mol. The van der Waals surface area contributed by atoms with Gasteiger partial charge in [-0.15, -0.1) is 0 Å². The molecule has 7 heteroatoms. The molecule has 0 saturated carbocycles. The molecule has 0 unspecified atom stereocenters. The number of H-pyrrole nitrogens is 1. The van der Waals surface area contributed by atoms with E-state index in [-0.39, 0.29) is 23.7 Å². The van der Waals surface area contributed by atoms with Crippen molar-refractivity contribution in [3.63, 3.8) is 0 Å². The number of likely N-dealkylation sites (tertiary alicyclic amines) is 1. The van der Waals surface area contributed by atoms with Crippen molar-refractivity contribution in [1.82, 2.24) is 20.4 Å². The van der Waals surface area contributed by atoms with Gasteiger partial charge in [0.25, 0.3) is 11.5 Å². The summed E-state index contributed by atoms with van der Waals surface area (Å²) in [4.78, 5) is 36.1. The smallest absolute Gasteiger partial charge is 0.272 e. The zero-order valence-electron chi connectivity index (χ0n) is 10.5. The maximum Gasteiger partial charge on any atom is 0.272 e. The van der Waals surface area contributed by atoms with E-state index in [9.17, 15) is 14.4 Å². The van der Waals surface area contributed by atoms with Crippen molar-refractivity contribution >= 4 is 11.8 Å². The Balaban J connectivity index is 1.84.